The van der Waals surface area contributed by atoms with Gasteiger partial charge in [0.1, 0.15) is 6.04 Å². The van der Waals surface area contributed by atoms with Gasteiger partial charge >= 0.3 is 5.97 Å². The van der Waals surface area contributed by atoms with E-state index < -0.39 is 12.0 Å². The number of hydrogen-bond donors (Lipinski definition) is 2. The van der Waals surface area contributed by atoms with Crippen LogP contribution in [0.1, 0.15) is 11.3 Å². The number of aryl methyl sites for hydroxylation is 1. The molecule has 0 spiro atoms. The van der Waals surface area contributed by atoms with Gasteiger partial charge < -0.3 is 25.0 Å². The number of rotatable bonds is 4. The minimum Gasteiger partial charge on any atom is -0.480 e. The molecule has 6 heteroatoms. The number of carboxylic acid groups (broad SMARTS) is 1. The molecule has 1 aliphatic rings. The van der Waals surface area contributed by atoms with E-state index in [1.807, 2.05) is 20.0 Å². The van der Waals surface area contributed by atoms with Crippen LogP contribution in [0.2, 0.25) is 0 Å². The molecular formula is C17H23N3O3. The Morgan fingerprint density at radius 1 is 1.39 bits per heavy atom. The normalized spacial score (nSPS) is 16.7. The van der Waals surface area contributed by atoms with Crippen LogP contribution in [0.3, 0.4) is 0 Å². The molecule has 1 aromatic carbocycles. The first-order valence-electron chi connectivity index (χ1n) is 7.88. The zero-order valence-electron chi connectivity index (χ0n) is 13.6. The Morgan fingerprint density at radius 3 is 2.74 bits per heavy atom. The number of anilines is 1. The van der Waals surface area contributed by atoms with E-state index in [1.54, 1.807) is 0 Å². The van der Waals surface area contributed by atoms with Crippen molar-refractivity contribution in [3.63, 3.8) is 0 Å². The summed E-state index contributed by atoms with van der Waals surface area (Å²) in [6.45, 7) is 5.14. The predicted molar refractivity (Wildman–Crippen MR) is 90.0 cm³/mol. The summed E-state index contributed by atoms with van der Waals surface area (Å²) < 4.78 is 7.56. The lowest BCUT2D eigenvalue weighted by atomic mass is 10.0. The van der Waals surface area contributed by atoms with E-state index in [4.69, 9.17) is 10.5 Å². The molecule has 3 N–H and O–H groups in total. The molecule has 124 valence electrons. The Hall–Kier alpha value is -2.05. The zero-order chi connectivity index (χ0) is 16.6. The van der Waals surface area contributed by atoms with Crippen molar-refractivity contribution in [3.05, 3.63) is 29.5 Å². The molecule has 6 nitrogen and oxygen atoms in total. The highest BCUT2D eigenvalue weighted by Crippen LogP contribution is 2.34. The summed E-state index contributed by atoms with van der Waals surface area (Å²) in [7, 11) is 2.01. The number of morpholine rings is 1. The Morgan fingerprint density at radius 2 is 2.09 bits per heavy atom. The first-order valence-corrected chi connectivity index (χ1v) is 7.88. The van der Waals surface area contributed by atoms with E-state index >= 15 is 0 Å². The number of aromatic nitrogens is 1. The second kappa shape index (κ2) is 6.22. The van der Waals surface area contributed by atoms with E-state index in [1.165, 1.54) is 0 Å². The molecule has 1 atom stereocenters. The number of aliphatic carboxylic acids is 1. The zero-order valence-corrected chi connectivity index (χ0v) is 13.6. The lowest BCUT2D eigenvalue weighted by Crippen LogP contribution is -2.36. The number of nitrogens with zero attached hydrogens (tertiary/aromatic N) is 2. The van der Waals surface area contributed by atoms with E-state index in [9.17, 15) is 9.90 Å². The number of fused-ring (bicyclic) bond motifs is 1. The molecular weight excluding hydrogens is 294 g/mol. The Labute approximate surface area is 135 Å². The molecule has 0 saturated carbocycles. The third-order valence-electron chi connectivity index (χ3n) is 4.72. The smallest absolute Gasteiger partial charge is 0.320 e. The lowest BCUT2D eigenvalue weighted by Gasteiger charge is -2.30. The second-order valence-electron chi connectivity index (χ2n) is 6.04. The van der Waals surface area contributed by atoms with Crippen molar-refractivity contribution in [1.82, 2.24) is 4.57 Å². The Balaban J connectivity index is 2.14. The van der Waals surface area contributed by atoms with Gasteiger partial charge in [-0.05, 0) is 24.6 Å². The first-order chi connectivity index (χ1) is 11.0. The van der Waals surface area contributed by atoms with Gasteiger partial charge in [0.2, 0.25) is 0 Å². The molecule has 0 radical (unpaired) electrons. The largest absolute Gasteiger partial charge is 0.480 e. The maximum Gasteiger partial charge on any atom is 0.320 e. The second-order valence-corrected chi connectivity index (χ2v) is 6.04. The molecule has 1 aromatic heterocycles. The molecule has 3 rings (SSSR count). The summed E-state index contributed by atoms with van der Waals surface area (Å²) >= 11 is 0. The molecule has 2 heterocycles. The van der Waals surface area contributed by atoms with Gasteiger partial charge in [0.15, 0.2) is 0 Å². The SMILES string of the molecule is Cc1c(CC(N)C(=O)O)c2c(N3CCOCC3)cccc2n1C. The predicted octanol–water partition coefficient (Wildman–Crippen LogP) is 1.28. The van der Waals surface area contributed by atoms with Crippen LogP contribution in [-0.4, -0.2) is 48.0 Å². The van der Waals surface area contributed by atoms with Crippen molar-refractivity contribution in [2.24, 2.45) is 12.8 Å². The fraction of sp³-hybridized carbons (Fsp3) is 0.471. The van der Waals surface area contributed by atoms with Gasteiger partial charge in [-0.15, -0.1) is 0 Å². The van der Waals surface area contributed by atoms with Gasteiger partial charge in [0.25, 0.3) is 0 Å². The number of benzene rings is 1. The van der Waals surface area contributed by atoms with Crippen molar-refractivity contribution < 1.29 is 14.6 Å². The maximum atomic E-state index is 11.2. The average Bonchev–Trinajstić information content (AvgIpc) is 2.80. The van der Waals surface area contributed by atoms with Gasteiger partial charge in [-0.3, -0.25) is 4.79 Å². The standard InChI is InChI=1S/C17H23N3O3/c1-11-12(10-13(18)17(21)22)16-14(19(11)2)4-3-5-15(16)20-6-8-23-9-7-20/h3-5,13H,6-10,18H2,1-2H3,(H,21,22). The fourth-order valence-electron chi connectivity index (χ4n) is 3.31. The van der Waals surface area contributed by atoms with E-state index in [0.717, 1.165) is 40.9 Å². The van der Waals surface area contributed by atoms with Crippen LogP contribution in [0.4, 0.5) is 5.69 Å². The minimum absolute atomic E-state index is 0.333. The number of hydrogen-bond acceptors (Lipinski definition) is 4. The number of carboxylic acids is 1. The lowest BCUT2D eigenvalue weighted by molar-refractivity contribution is -0.138. The van der Waals surface area contributed by atoms with E-state index in [2.05, 4.69) is 21.6 Å². The van der Waals surface area contributed by atoms with Crippen LogP contribution in [0.15, 0.2) is 18.2 Å². The van der Waals surface area contributed by atoms with Crippen molar-refractivity contribution in [1.29, 1.82) is 0 Å². The summed E-state index contributed by atoms with van der Waals surface area (Å²) in [6.07, 6.45) is 0.333. The molecule has 0 amide bonds. The quantitative estimate of drug-likeness (QED) is 0.888. The first kappa shape index (κ1) is 15.8. The van der Waals surface area contributed by atoms with Gasteiger partial charge in [0, 0.05) is 43.3 Å². The fourth-order valence-corrected chi connectivity index (χ4v) is 3.31. The number of carbonyl (C=O) groups is 1. The summed E-state index contributed by atoms with van der Waals surface area (Å²) in [5.74, 6) is -0.967. The maximum absolute atomic E-state index is 11.2. The average molecular weight is 317 g/mol. The van der Waals surface area contributed by atoms with Crippen molar-refractivity contribution in [2.75, 3.05) is 31.2 Å². The molecule has 0 bridgehead atoms. The molecule has 2 aromatic rings. The minimum atomic E-state index is -0.967. The van der Waals surface area contributed by atoms with Gasteiger partial charge in [0.05, 0.1) is 18.7 Å². The van der Waals surface area contributed by atoms with Gasteiger partial charge in [-0.2, -0.15) is 0 Å². The Bertz CT molecular complexity index is 732. The molecule has 1 fully saturated rings. The van der Waals surface area contributed by atoms with Crippen LogP contribution in [-0.2, 0) is 23.0 Å². The molecule has 1 saturated heterocycles. The third kappa shape index (κ3) is 2.80. The van der Waals surface area contributed by atoms with Crippen molar-refractivity contribution in [3.8, 4) is 0 Å². The van der Waals surface area contributed by atoms with Crippen molar-refractivity contribution >= 4 is 22.6 Å². The summed E-state index contributed by atoms with van der Waals surface area (Å²) in [5.41, 5.74) is 10.1. The highest BCUT2D eigenvalue weighted by Gasteiger charge is 2.23. The van der Waals surface area contributed by atoms with E-state index in [-0.39, 0.29) is 0 Å². The highest BCUT2D eigenvalue weighted by atomic mass is 16.5. The van der Waals surface area contributed by atoms with E-state index in [0.29, 0.717) is 19.6 Å². The number of nitrogens with two attached hydrogens (primary N) is 1. The molecule has 1 unspecified atom stereocenters. The van der Waals surface area contributed by atoms with Crippen LogP contribution < -0.4 is 10.6 Å². The van der Waals surface area contributed by atoms with Crippen LogP contribution >= 0.6 is 0 Å². The molecule has 0 aliphatic carbocycles. The molecule has 23 heavy (non-hydrogen) atoms. The third-order valence-corrected chi connectivity index (χ3v) is 4.72. The highest BCUT2D eigenvalue weighted by molar-refractivity contribution is 5.97. The summed E-state index contributed by atoms with van der Waals surface area (Å²) in [5, 5.41) is 10.3. The summed E-state index contributed by atoms with van der Waals surface area (Å²) in [6, 6.07) is 5.33. The van der Waals surface area contributed by atoms with Crippen LogP contribution in [0.25, 0.3) is 10.9 Å². The van der Waals surface area contributed by atoms with Gasteiger partial charge in [-0.25, -0.2) is 0 Å². The van der Waals surface area contributed by atoms with Gasteiger partial charge in [-0.1, -0.05) is 6.07 Å². The van der Waals surface area contributed by atoms with Crippen molar-refractivity contribution in [2.45, 2.75) is 19.4 Å². The monoisotopic (exact) mass is 317 g/mol. The Kier molecular flexibility index (Phi) is 4.28. The summed E-state index contributed by atoms with van der Waals surface area (Å²) in [4.78, 5) is 13.5. The van der Waals surface area contributed by atoms with Crippen LogP contribution in [0, 0.1) is 6.92 Å². The molecule has 1 aliphatic heterocycles. The van der Waals surface area contributed by atoms with Crippen LogP contribution in [0.5, 0.6) is 0 Å². The topological polar surface area (TPSA) is 80.7 Å². The number of ether oxygens (including phenoxy) is 1.